The molecule has 2 aromatic rings. The van der Waals surface area contributed by atoms with Crippen LogP contribution in [0.5, 0.6) is 5.75 Å². The van der Waals surface area contributed by atoms with Crippen LogP contribution < -0.4 is 15.8 Å². The lowest BCUT2D eigenvalue weighted by atomic mass is 10.1. The third-order valence-electron chi connectivity index (χ3n) is 2.88. The highest BCUT2D eigenvalue weighted by atomic mass is 35.5. The van der Waals surface area contributed by atoms with Crippen LogP contribution in [0.1, 0.15) is 15.9 Å². The predicted octanol–water partition coefficient (Wildman–Crippen LogP) is 2.13. The van der Waals surface area contributed by atoms with Crippen molar-refractivity contribution < 1.29 is 14.3 Å². The van der Waals surface area contributed by atoms with Gasteiger partial charge in [-0.15, -0.1) is 0 Å². The Morgan fingerprint density at radius 1 is 1.14 bits per heavy atom. The van der Waals surface area contributed by atoms with E-state index in [4.69, 9.17) is 22.1 Å². The summed E-state index contributed by atoms with van der Waals surface area (Å²) in [6.07, 6.45) is 0. The van der Waals surface area contributed by atoms with Gasteiger partial charge in [0.25, 0.3) is 5.91 Å². The second-order valence-electron chi connectivity index (χ2n) is 4.58. The molecular formula is C16H15ClN2O3. The van der Waals surface area contributed by atoms with Gasteiger partial charge in [0.1, 0.15) is 5.75 Å². The lowest BCUT2D eigenvalue weighted by molar-refractivity contribution is -0.123. The number of hydrogen-bond acceptors (Lipinski definition) is 3. The molecule has 0 fully saturated rings. The Morgan fingerprint density at radius 3 is 2.55 bits per heavy atom. The van der Waals surface area contributed by atoms with Crippen molar-refractivity contribution in [1.82, 2.24) is 5.32 Å². The van der Waals surface area contributed by atoms with E-state index in [-0.39, 0.29) is 12.5 Å². The Hall–Kier alpha value is -2.53. The fourth-order valence-corrected chi connectivity index (χ4v) is 1.89. The Bertz CT molecular complexity index is 671. The van der Waals surface area contributed by atoms with Crippen molar-refractivity contribution in [2.75, 3.05) is 6.61 Å². The molecule has 3 N–H and O–H groups in total. The van der Waals surface area contributed by atoms with Gasteiger partial charge in [-0.05, 0) is 42.0 Å². The average Bonchev–Trinajstić information content (AvgIpc) is 2.52. The molecule has 0 radical (unpaired) electrons. The first-order valence-electron chi connectivity index (χ1n) is 6.58. The van der Waals surface area contributed by atoms with Gasteiger partial charge in [0.05, 0.1) is 0 Å². The summed E-state index contributed by atoms with van der Waals surface area (Å²) in [4.78, 5) is 22.8. The minimum atomic E-state index is -0.501. The zero-order valence-corrected chi connectivity index (χ0v) is 12.5. The molecule has 0 spiro atoms. The lowest BCUT2D eigenvalue weighted by Gasteiger charge is -2.08. The van der Waals surface area contributed by atoms with E-state index in [2.05, 4.69) is 5.32 Å². The van der Waals surface area contributed by atoms with Crippen molar-refractivity contribution in [3.63, 3.8) is 0 Å². The van der Waals surface area contributed by atoms with Crippen LogP contribution in [0.3, 0.4) is 0 Å². The molecule has 0 bridgehead atoms. The minimum absolute atomic E-state index is 0.100. The molecule has 2 rings (SSSR count). The van der Waals surface area contributed by atoms with E-state index >= 15 is 0 Å². The Balaban J connectivity index is 1.81. The van der Waals surface area contributed by atoms with Gasteiger partial charge < -0.3 is 15.8 Å². The van der Waals surface area contributed by atoms with E-state index in [0.717, 1.165) is 5.56 Å². The fourth-order valence-electron chi connectivity index (χ4n) is 1.77. The molecule has 2 aromatic carbocycles. The quantitative estimate of drug-likeness (QED) is 0.856. The summed E-state index contributed by atoms with van der Waals surface area (Å²) in [7, 11) is 0. The maximum Gasteiger partial charge on any atom is 0.258 e. The molecular weight excluding hydrogens is 304 g/mol. The molecule has 0 aliphatic carbocycles. The van der Waals surface area contributed by atoms with Crippen molar-refractivity contribution in [1.29, 1.82) is 0 Å². The Labute approximate surface area is 133 Å². The van der Waals surface area contributed by atoms with Crippen LogP contribution in [0.4, 0.5) is 0 Å². The summed E-state index contributed by atoms with van der Waals surface area (Å²) in [6, 6.07) is 13.5. The van der Waals surface area contributed by atoms with Gasteiger partial charge in [0, 0.05) is 17.1 Å². The molecule has 0 aromatic heterocycles. The molecule has 0 aliphatic rings. The monoisotopic (exact) mass is 318 g/mol. The van der Waals surface area contributed by atoms with E-state index in [1.165, 1.54) is 0 Å². The largest absolute Gasteiger partial charge is 0.484 e. The fraction of sp³-hybridized carbons (Fsp3) is 0.125. The summed E-state index contributed by atoms with van der Waals surface area (Å²) >= 11 is 5.76. The molecule has 5 nitrogen and oxygen atoms in total. The number of ether oxygens (including phenoxy) is 1. The molecule has 0 aliphatic heterocycles. The summed E-state index contributed by atoms with van der Waals surface area (Å²) in [6.45, 7) is 0.196. The molecule has 114 valence electrons. The van der Waals surface area contributed by atoms with Crippen LogP contribution in [0.25, 0.3) is 0 Å². The highest BCUT2D eigenvalue weighted by Gasteiger charge is 2.05. The molecule has 0 unspecified atom stereocenters. The number of benzene rings is 2. The van der Waals surface area contributed by atoms with Crippen LogP contribution in [0.2, 0.25) is 5.02 Å². The maximum absolute atomic E-state index is 11.7. The Morgan fingerprint density at radius 2 is 1.86 bits per heavy atom. The van der Waals surface area contributed by atoms with Gasteiger partial charge in [-0.25, -0.2) is 0 Å². The first kappa shape index (κ1) is 15.9. The van der Waals surface area contributed by atoms with Crippen LogP contribution in [-0.4, -0.2) is 18.4 Å². The number of nitrogens with one attached hydrogen (secondary N) is 1. The van der Waals surface area contributed by atoms with Crippen LogP contribution in [-0.2, 0) is 11.3 Å². The van der Waals surface area contributed by atoms with Gasteiger partial charge in [-0.3, -0.25) is 9.59 Å². The molecule has 0 saturated heterocycles. The number of nitrogens with two attached hydrogens (primary N) is 1. The summed E-state index contributed by atoms with van der Waals surface area (Å²) in [5.74, 6) is -0.200. The maximum atomic E-state index is 11.7. The van der Waals surface area contributed by atoms with Crippen molar-refractivity contribution in [3.05, 3.63) is 64.7 Å². The molecule has 0 heterocycles. The second-order valence-corrected chi connectivity index (χ2v) is 5.02. The summed E-state index contributed by atoms with van der Waals surface area (Å²) in [5.41, 5.74) is 6.40. The van der Waals surface area contributed by atoms with E-state index in [1.807, 2.05) is 0 Å². The van der Waals surface area contributed by atoms with Crippen molar-refractivity contribution in [3.8, 4) is 5.75 Å². The van der Waals surface area contributed by atoms with E-state index in [9.17, 15) is 9.59 Å². The molecule has 6 heteroatoms. The first-order chi connectivity index (χ1) is 10.5. The predicted molar refractivity (Wildman–Crippen MR) is 83.8 cm³/mol. The van der Waals surface area contributed by atoms with E-state index < -0.39 is 5.91 Å². The van der Waals surface area contributed by atoms with Crippen molar-refractivity contribution >= 4 is 23.4 Å². The Kier molecular flexibility index (Phi) is 5.38. The zero-order chi connectivity index (χ0) is 15.9. The highest BCUT2D eigenvalue weighted by Crippen LogP contribution is 2.15. The number of halogens is 1. The van der Waals surface area contributed by atoms with E-state index in [0.29, 0.717) is 22.9 Å². The summed E-state index contributed by atoms with van der Waals surface area (Å²) in [5, 5.41) is 3.31. The normalized spacial score (nSPS) is 10.0. The van der Waals surface area contributed by atoms with Crippen LogP contribution >= 0.6 is 11.6 Å². The number of amides is 2. The van der Waals surface area contributed by atoms with Gasteiger partial charge in [0.15, 0.2) is 6.61 Å². The van der Waals surface area contributed by atoms with Crippen LogP contribution in [0, 0.1) is 0 Å². The topological polar surface area (TPSA) is 81.4 Å². The number of primary amides is 1. The third-order valence-corrected chi connectivity index (χ3v) is 3.14. The smallest absolute Gasteiger partial charge is 0.258 e. The second kappa shape index (κ2) is 7.47. The lowest BCUT2D eigenvalue weighted by Crippen LogP contribution is -2.28. The standard InChI is InChI=1S/C16H15ClN2O3/c17-13-4-6-14(7-5-13)22-10-15(20)19-9-11-2-1-3-12(8-11)16(18)21/h1-8H,9-10H2,(H2,18,21)(H,19,20). The van der Waals surface area contributed by atoms with Gasteiger partial charge in [-0.1, -0.05) is 23.7 Å². The first-order valence-corrected chi connectivity index (χ1v) is 6.96. The number of rotatable bonds is 6. The van der Waals surface area contributed by atoms with Crippen molar-refractivity contribution in [2.24, 2.45) is 5.73 Å². The SMILES string of the molecule is NC(=O)c1cccc(CNC(=O)COc2ccc(Cl)cc2)c1. The van der Waals surface area contributed by atoms with Gasteiger partial charge >= 0.3 is 0 Å². The van der Waals surface area contributed by atoms with Crippen molar-refractivity contribution in [2.45, 2.75) is 6.54 Å². The zero-order valence-electron chi connectivity index (χ0n) is 11.7. The third kappa shape index (κ3) is 4.79. The number of carbonyl (C=O) groups is 2. The molecule has 22 heavy (non-hydrogen) atoms. The number of carbonyl (C=O) groups excluding carboxylic acids is 2. The average molecular weight is 319 g/mol. The van der Waals surface area contributed by atoms with Gasteiger partial charge in [0.2, 0.25) is 5.91 Å². The number of hydrogen-bond donors (Lipinski definition) is 2. The summed E-state index contributed by atoms with van der Waals surface area (Å²) < 4.78 is 5.33. The molecule has 0 atom stereocenters. The van der Waals surface area contributed by atoms with Gasteiger partial charge in [-0.2, -0.15) is 0 Å². The highest BCUT2D eigenvalue weighted by molar-refractivity contribution is 6.30. The minimum Gasteiger partial charge on any atom is -0.484 e. The van der Waals surface area contributed by atoms with E-state index in [1.54, 1.807) is 48.5 Å². The molecule has 2 amide bonds. The van der Waals surface area contributed by atoms with Crippen LogP contribution in [0.15, 0.2) is 48.5 Å². The molecule has 0 saturated carbocycles.